The summed E-state index contributed by atoms with van der Waals surface area (Å²) in [7, 11) is 1.64. The van der Waals surface area contributed by atoms with E-state index >= 15 is 8.78 Å². The second-order valence-corrected chi connectivity index (χ2v) is 16.2. The van der Waals surface area contributed by atoms with Crippen molar-refractivity contribution in [1.82, 2.24) is 15.1 Å². The van der Waals surface area contributed by atoms with Crippen molar-refractivity contribution < 1.29 is 37.7 Å². The van der Waals surface area contributed by atoms with Crippen LogP contribution in [0.25, 0.3) is 0 Å². The smallest absolute Gasteiger partial charge is 0.255 e. The minimum atomic E-state index is -0.739. The summed E-state index contributed by atoms with van der Waals surface area (Å²) < 4.78 is 43.3. The number of piperazine rings is 1. The number of ether oxygens (including phenoxy) is 2. The maximum absolute atomic E-state index is 16.2. The maximum Gasteiger partial charge on any atom is 0.255 e. The third-order valence-electron chi connectivity index (χ3n) is 12.8. The van der Waals surface area contributed by atoms with Crippen molar-refractivity contribution in [3.63, 3.8) is 0 Å². The number of anilines is 2. The number of aromatic hydroxyl groups is 1. The second-order valence-electron chi connectivity index (χ2n) is 16.2. The highest BCUT2D eigenvalue weighted by Crippen LogP contribution is 2.48. The fraction of sp³-hybridized carbons (Fsp3) is 0.400. The van der Waals surface area contributed by atoms with Crippen LogP contribution >= 0.6 is 0 Å². The fourth-order valence-electron chi connectivity index (χ4n) is 9.65. The third kappa shape index (κ3) is 7.20. The van der Waals surface area contributed by atoms with Gasteiger partial charge in [0.1, 0.15) is 34.9 Å². The van der Waals surface area contributed by atoms with Crippen LogP contribution in [0.2, 0.25) is 0 Å². The summed E-state index contributed by atoms with van der Waals surface area (Å²) in [5, 5.41) is 12.5. The molecule has 1 unspecified atom stereocenters. The van der Waals surface area contributed by atoms with E-state index in [1.54, 1.807) is 31.4 Å². The minimum absolute atomic E-state index is 0.0917. The van der Waals surface area contributed by atoms with E-state index in [4.69, 9.17) is 9.47 Å². The van der Waals surface area contributed by atoms with Gasteiger partial charge in [-0.1, -0.05) is 24.3 Å². The number of amides is 3. The van der Waals surface area contributed by atoms with Crippen molar-refractivity contribution in [1.29, 1.82) is 0 Å². The minimum Gasteiger partial charge on any atom is -0.508 e. The lowest BCUT2D eigenvalue weighted by Crippen LogP contribution is -2.52. The summed E-state index contributed by atoms with van der Waals surface area (Å²) in [6.45, 7) is 5.86. The second kappa shape index (κ2) is 15.6. The third-order valence-corrected chi connectivity index (χ3v) is 12.8. The number of halogens is 2. The molecular weight excluding hydrogens is 745 g/mol. The number of nitrogens with one attached hydrogen (secondary N) is 1. The average Bonchev–Trinajstić information content (AvgIpc) is 3.54. The Hall–Kier alpha value is -5.69. The average molecular weight is 792 g/mol. The number of carbonyl (C=O) groups is 3. The number of methoxy groups -OCH3 is 1. The Balaban J connectivity index is 0.811. The lowest BCUT2D eigenvalue weighted by atomic mass is 9.75. The molecule has 5 aliphatic heterocycles. The highest BCUT2D eigenvalue weighted by molar-refractivity contribution is 6.05. The van der Waals surface area contributed by atoms with Crippen LogP contribution in [0.3, 0.4) is 0 Å². The van der Waals surface area contributed by atoms with Crippen molar-refractivity contribution in [2.75, 3.05) is 69.3 Å². The molecule has 0 aliphatic carbocycles. The predicted octanol–water partition coefficient (Wildman–Crippen LogP) is 5.79. The molecule has 0 bridgehead atoms. The summed E-state index contributed by atoms with van der Waals surface area (Å²) in [5.74, 6) is -0.267. The Morgan fingerprint density at radius 2 is 1.60 bits per heavy atom. The Labute approximate surface area is 336 Å². The summed E-state index contributed by atoms with van der Waals surface area (Å²) in [5.41, 5.74) is 4.82. The van der Waals surface area contributed by atoms with E-state index < -0.39 is 17.8 Å². The van der Waals surface area contributed by atoms with Crippen LogP contribution < -0.4 is 24.6 Å². The Morgan fingerprint density at radius 1 is 0.828 bits per heavy atom. The van der Waals surface area contributed by atoms with Gasteiger partial charge in [-0.05, 0) is 84.3 Å². The number of fused-ring (bicyclic) bond motifs is 2. The number of nitrogens with zero attached hydrogens (tertiary/aromatic N) is 4. The molecule has 3 fully saturated rings. The molecule has 11 nitrogen and oxygen atoms in total. The zero-order valence-electron chi connectivity index (χ0n) is 32.5. The first-order chi connectivity index (χ1) is 28.1. The zero-order chi connectivity index (χ0) is 40.1. The molecule has 5 aliphatic rings. The van der Waals surface area contributed by atoms with Crippen molar-refractivity contribution in [3.8, 4) is 17.2 Å². The Kier molecular flexibility index (Phi) is 10.2. The van der Waals surface area contributed by atoms with Crippen molar-refractivity contribution >= 4 is 29.1 Å². The van der Waals surface area contributed by atoms with E-state index in [0.29, 0.717) is 48.3 Å². The monoisotopic (exact) mass is 791 g/mol. The maximum atomic E-state index is 16.2. The largest absolute Gasteiger partial charge is 0.508 e. The molecule has 0 spiro atoms. The number of carbonyl (C=O) groups excluding carboxylic acids is 3. The predicted molar refractivity (Wildman–Crippen MR) is 214 cm³/mol. The number of benzene rings is 4. The molecule has 0 saturated carbocycles. The van der Waals surface area contributed by atoms with Gasteiger partial charge in [0.05, 0.1) is 25.1 Å². The van der Waals surface area contributed by atoms with Crippen molar-refractivity contribution in [2.24, 2.45) is 5.92 Å². The summed E-state index contributed by atoms with van der Waals surface area (Å²) >= 11 is 0. The van der Waals surface area contributed by atoms with Crippen LogP contribution in [0.15, 0.2) is 72.8 Å². The number of hydrogen-bond donors (Lipinski definition) is 2. The van der Waals surface area contributed by atoms with Crippen LogP contribution in [0.5, 0.6) is 17.2 Å². The molecule has 58 heavy (non-hydrogen) atoms. The van der Waals surface area contributed by atoms with E-state index in [1.165, 1.54) is 11.0 Å². The Bertz CT molecular complexity index is 2250. The summed E-state index contributed by atoms with van der Waals surface area (Å²) in [4.78, 5) is 45.3. The first-order valence-corrected chi connectivity index (χ1v) is 20.2. The molecule has 3 atom stereocenters. The van der Waals surface area contributed by atoms with E-state index in [-0.39, 0.29) is 60.2 Å². The molecule has 4 aromatic carbocycles. The van der Waals surface area contributed by atoms with Gasteiger partial charge in [-0.2, -0.15) is 0 Å². The molecule has 302 valence electrons. The molecule has 13 heteroatoms. The fourth-order valence-corrected chi connectivity index (χ4v) is 9.65. The molecular formula is C45H47F2N5O6. The van der Waals surface area contributed by atoms with Gasteiger partial charge in [0.25, 0.3) is 5.91 Å². The quantitative estimate of drug-likeness (QED) is 0.214. The number of imide groups is 1. The normalized spacial score (nSPS) is 22.7. The van der Waals surface area contributed by atoms with Crippen molar-refractivity contribution in [3.05, 3.63) is 112 Å². The van der Waals surface area contributed by atoms with Gasteiger partial charge in [0.15, 0.2) is 0 Å². The van der Waals surface area contributed by atoms with Crippen LogP contribution in [0.1, 0.15) is 70.1 Å². The van der Waals surface area contributed by atoms with Crippen LogP contribution in [-0.2, 0) is 16.1 Å². The SMILES string of the molecule is COc1cccc(C2COc3cc(O)ccc3[C@H]2c2ccc(N3CCC(CN4CCN(c5cc6c(cc5F)C(=O)N([C@H]5CCC(=O)NC5=O)C6)CC4)CC3)c(F)c2)c1. The Morgan fingerprint density at radius 3 is 2.36 bits per heavy atom. The molecule has 3 amide bonds. The lowest BCUT2D eigenvalue weighted by Gasteiger charge is -2.40. The van der Waals surface area contributed by atoms with Gasteiger partial charge in [-0.15, -0.1) is 0 Å². The molecule has 0 aromatic heterocycles. The van der Waals surface area contributed by atoms with Crippen LogP contribution in [-0.4, -0.2) is 98.2 Å². The topological polar surface area (TPSA) is 115 Å². The lowest BCUT2D eigenvalue weighted by molar-refractivity contribution is -0.136. The summed E-state index contributed by atoms with van der Waals surface area (Å²) in [6, 6.07) is 20.9. The highest BCUT2D eigenvalue weighted by Gasteiger charge is 2.40. The van der Waals surface area contributed by atoms with Gasteiger partial charge in [0, 0.05) is 87.8 Å². The van der Waals surface area contributed by atoms with E-state index in [2.05, 4.69) is 15.1 Å². The van der Waals surface area contributed by atoms with Gasteiger partial charge in [-0.3, -0.25) is 24.6 Å². The number of hydrogen-bond acceptors (Lipinski definition) is 9. The molecule has 5 heterocycles. The van der Waals surface area contributed by atoms with E-state index in [9.17, 15) is 19.5 Å². The molecule has 2 N–H and O–H groups in total. The number of piperidine rings is 2. The molecule has 4 aromatic rings. The van der Waals surface area contributed by atoms with Gasteiger partial charge < -0.3 is 29.3 Å². The first kappa shape index (κ1) is 37.9. The van der Waals surface area contributed by atoms with Gasteiger partial charge in [0.2, 0.25) is 11.8 Å². The molecule has 9 rings (SSSR count). The first-order valence-electron chi connectivity index (χ1n) is 20.2. The molecule has 3 saturated heterocycles. The highest BCUT2D eigenvalue weighted by atomic mass is 19.1. The number of phenolic OH excluding ortho intramolecular Hbond substituents is 1. The van der Waals surface area contributed by atoms with E-state index in [1.807, 2.05) is 47.4 Å². The summed E-state index contributed by atoms with van der Waals surface area (Å²) in [6.07, 6.45) is 2.30. The number of rotatable bonds is 8. The van der Waals surface area contributed by atoms with Gasteiger partial charge in [-0.25, -0.2) is 8.78 Å². The molecule has 0 radical (unpaired) electrons. The standard InChI is InChI=1S/C45H47F2N5O6/c1-57-32-4-2-3-28(19-32)35-26-58-41-22-31(53)6-7-33(41)43(35)29-5-8-38(36(46)20-29)50-13-11-27(12-14-50)24-49-15-17-51(18-16-49)40-21-30-25-52(45(56)34(30)23-37(40)47)39-9-10-42(54)48-44(39)55/h2-8,19-23,27,35,39,43,53H,9-18,24-26H2,1H3,(H,48,54,55)/t35?,39-,43+/m0/s1. The van der Waals surface area contributed by atoms with Gasteiger partial charge >= 0.3 is 0 Å². The number of phenols is 1. The van der Waals surface area contributed by atoms with Crippen LogP contribution in [0.4, 0.5) is 20.2 Å². The zero-order valence-corrected chi connectivity index (χ0v) is 32.5. The van der Waals surface area contributed by atoms with Crippen molar-refractivity contribution in [2.45, 2.75) is 50.1 Å². The van der Waals surface area contributed by atoms with E-state index in [0.717, 1.165) is 68.0 Å². The van der Waals surface area contributed by atoms with Crippen LogP contribution in [0, 0.1) is 17.6 Å².